The highest BCUT2D eigenvalue weighted by atomic mass is 127. The molecule has 0 saturated carbocycles. The topological polar surface area (TPSA) is 49.3 Å². The van der Waals surface area contributed by atoms with Crippen LogP contribution in [0, 0.1) is 10.5 Å². The summed E-state index contributed by atoms with van der Waals surface area (Å²) in [4.78, 5) is 12.6. The Morgan fingerprint density at radius 2 is 1.78 bits per heavy atom. The van der Waals surface area contributed by atoms with Crippen molar-refractivity contribution in [1.82, 2.24) is 0 Å². The molecule has 0 aliphatic carbocycles. The fourth-order valence-electron chi connectivity index (χ4n) is 3.34. The van der Waals surface area contributed by atoms with Crippen LogP contribution in [0.25, 0.3) is 10.8 Å². The van der Waals surface area contributed by atoms with Gasteiger partial charge in [0.25, 0.3) is 5.91 Å². The van der Waals surface area contributed by atoms with E-state index in [1.165, 1.54) is 0 Å². The van der Waals surface area contributed by atoms with Gasteiger partial charge in [-0.05, 0) is 69.6 Å². The van der Waals surface area contributed by atoms with Crippen molar-refractivity contribution in [2.24, 2.45) is 0 Å². The van der Waals surface area contributed by atoms with E-state index in [0.29, 0.717) is 16.8 Å². The first-order chi connectivity index (χ1) is 11.0. The van der Waals surface area contributed by atoms with E-state index in [2.05, 4.69) is 27.9 Å². The molecule has 3 nitrogen and oxygen atoms in total. The van der Waals surface area contributed by atoms with Gasteiger partial charge in [0.2, 0.25) is 0 Å². The number of amides is 1. The van der Waals surface area contributed by atoms with Crippen LogP contribution in [-0.2, 0) is 10.4 Å². The predicted octanol–water partition coefficient (Wildman–Crippen LogP) is 3.94. The zero-order chi connectivity index (χ0) is 16.2. The molecule has 1 heterocycles. The van der Waals surface area contributed by atoms with E-state index in [1.807, 2.05) is 61.5 Å². The minimum Gasteiger partial charge on any atom is -0.372 e. The number of carbonyl (C=O) groups is 1. The quantitative estimate of drug-likeness (QED) is 0.592. The van der Waals surface area contributed by atoms with Gasteiger partial charge in [-0.3, -0.25) is 4.79 Å². The summed E-state index contributed by atoms with van der Waals surface area (Å²) in [6.45, 7) is 1.92. The highest BCUT2D eigenvalue weighted by molar-refractivity contribution is 14.1. The van der Waals surface area contributed by atoms with Gasteiger partial charge in [-0.2, -0.15) is 0 Å². The van der Waals surface area contributed by atoms with Crippen molar-refractivity contribution < 1.29 is 9.90 Å². The summed E-state index contributed by atoms with van der Waals surface area (Å²) in [5.74, 6) is -0.395. The van der Waals surface area contributed by atoms with Crippen LogP contribution >= 0.6 is 22.6 Å². The highest BCUT2D eigenvalue weighted by Crippen LogP contribution is 2.44. The number of halogens is 1. The molecule has 2 N–H and O–H groups in total. The van der Waals surface area contributed by atoms with Crippen molar-refractivity contribution in [1.29, 1.82) is 0 Å². The number of aryl methyl sites for hydroxylation is 1. The molecule has 1 amide bonds. The van der Waals surface area contributed by atoms with Crippen LogP contribution in [0.3, 0.4) is 0 Å². The van der Waals surface area contributed by atoms with Gasteiger partial charge >= 0.3 is 0 Å². The Morgan fingerprint density at radius 3 is 2.57 bits per heavy atom. The molecule has 1 atom stereocenters. The van der Waals surface area contributed by atoms with E-state index in [9.17, 15) is 9.90 Å². The first kappa shape index (κ1) is 14.7. The molecule has 4 rings (SSSR count). The average molecular weight is 415 g/mol. The summed E-state index contributed by atoms with van der Waals surface area (Å²) in [6.07, 6.45) is 0. The third-order valence-corrected chi connectivity index (χ3v) is 5.03. The van der Waals surface area contributed by atoms with Crippen molar-refractivity contribution >= 4 is 45.0 Å². The second-order valence-electron chi connectivity index (χ2n) is 5.87. The Morgan fingerprint density at radius 1 is 1.04 bits per heavy atom. The van der Waals surface area contributed by atoms with Gasteiger partial charge in [0.1, 0.15) is 0 Å². The molecule has 0 radical (unpaired) electrons. The van der Waals surface area contributed by atoms with Gasteiger partial charge in [0.15, 0.2) is 5.60 Å². The third kappa shape index (κ3) is 2.09. The smallest absolute Gasteiger partial charge is 0.265 e. The molecule has 1 unspecified atom stereocenters. The summed E-state index contributed by atoms with van der Waals surface area (Å²) in [5.41, 5.74) is 1.19. The molecule has 3 aromatic carbocycles. The van der Waals surface area contributed by atoms with Gasteiger partial charge in [0.05, 0.1) is 0 Å². The largest absolute Gasteiger partial charge is 0.372 e. The van der Waals surface area contributed by atoms with Crippen molar-refractivity contribution in [2.45, 2.75) is 12.5 Å². The molecule has 1 aliphatic rings. The Labute approximate surface area is 147 Å². The Bertz CT molecular complexity index is 967. The van der Waals surface area contributed by atoms with E-state index in [4.69, 9.17) is 0 Å². The summed E-state index contributed by atoms with van der Waals surface area (Å²) < 4.78 is 1.03. The Kier molecular flexibility index (Phi) is 3.21. The van der Waals surface area contributed by atoms with Crippen LogP contribution in [0.4, 0.5) is 5.69 Å². The predicted molar refractivity (Wildman–Crippen MR) is 99.5 cm³/mol. The molecule has 0 saturated heterocycles. The van der Waals surface area contributed by atoms with E-state index >= 15 is 0 Å². The lowest BCUT2D eigenvalue weighted by Gasteiger charge is -2.23. The SMILES string of the molecule is Cc1cc(I)cc2c1C(O)(c1ccc3ccccc3c1)C(=O)N2. The van der Waals surface area contributed by atoms with Crippen molar-refractivity contribution in [3.8, 4) is 0 Å². The zero-order valence-corrected chi connectivity index (χ0v) is 14.6. The number of anilines is 1. The lowest BCUT2D eigenvalue weighted by molar-refractivity contribution is -0.129. The molecule has 0 fully saturated rings. The number of benzene rings is 3. The fourth-order valence-corrected chi connectivity index (χ4v) is 4.12. The number of fused-ring (bicyclic) bond motifs is 2. The van der Waals surface area contributed by atoms with Gasteiger partial charge in [0, 0.05) is 14.8 Å². The first-order valence-electron chi connectivity index (χ1n) is 7.34. The maximum absolute atomic E-state index is 12.6. The Hall–Kier alpha value is -1.92. The normalized spacial score (nSPS) is 19.7. The number of carbonyl (C=O) groups excluding carboxylic acids is 1. The molecule has 0 spiro atoms. The van der Waals surface area contributed by atoms with E-state index in [-0.39, 0.29) is 0 Å². The van der Waals surface area contributed by atoms with Crippen LogP contribution in [0.1, 0.15) is 16.7 Å². The number of hydrogen-bond acceptors (Lipinski definition) is 2. The molecular weight excluding hydrogens is 401 g/mol. The van der Waals surface area contributed by atoms with Crippen LogP contribution in [0.2, 0.25) is 0 Å². The molecule has 0 aromatic heterocycles. The van der Waals surface area contributed by atoms with Gasteiger partial charge in [-0.25, -0.2) is 0 Å². The summed E-state index contributed by atoms with van der Waals surface area (Å²) in [6, 6.07) is 17.4. The zero-order valence-electron chi connectivity index (χ0n) is 12.4. The monoisotopic (exact) mass is 415 g/mol. The molecule has 23 heavy (non-hydrogen) atoms. The number of hydrogen-bond donors (Lipinski definition) is 2. The van der Waals surface area contributed by atoms with Gasteiger partial charge in [-0.15, -0.1) is 0 Å². The minimum absolute atomic E-state index is 0.395. The van der Waals surface area contributed by atoms with E-state index in [1.54, 1.807) is 0 Å². The van der Waals surface area contributed by atoms with Gasteiger partial charge < -0.3 is 10.4 Å². The van der Waals surface area contributed by atoms with Crippen molar-refractivity contribution in [2.75, 3.05) is 5.32 Å². The fraction of sp³-hybridized carbons (Fsp3) is 0.105. The lowest BCUT2D eigenvalue weighted by atomic mass is 9.84. The van der Waals surface area contributed by atoms with Crippen molar-refractivity contribution in [3.05, 3.63) is 74.9 Å². The van der Waals surface area contributed by atoms with Gasteiger partial charge in [-0.1, -0.05) is 36.4 Å². The minimum atomic E-state index is -1.65. The lowest BCUT2D eigenvalue weighted by Crippen LogP contribution is -2.35. The number of rotatable bonds is 1. The number of aliphatic hydroxyl groups is 1. The molecule has 4 heteroatoms. The van der Waals surface area contributed by atoms with Crippen LogP contribution in [-0.4, -0.2) is 11.0 Å². The van der Waals surface area contributed by atoms with E-state index in [0.717, 1.165) is 19.9 Å². The third-order valence-electron chi connectivity index (χ3n) is 4.41. The maximum Gasteiger partial charge on any atom is 0.265 e. The molecule has 1 aliphatic heterocycles. The molecule has 114 valence electrons. The first-order valence-corrected chi connectivity index (χ1v) is 8.42. The molecule has 3 aromatic rings. The summed E-state index contributed by atoms with van der Waals surface area (Å²) in [7, 11) is 0. The molecular formula is C19H14INO2. The molecule has 0 bridgehead atoms. The second-order valence-corrected chi connectivity index (χ2v) is 7.12. The van der Waals surface area contributed by atoms with Crippen LogP contribution in [0.5, 0.6) is 0 Å². The standard InChI is InChI=1S/C19H14INO2/c1-11-8-15(20)10-16-17(11)19(23,18(22)21-16)14-7-6-12-4-2-3-5-13(12)9-14/h2-10,23H,1H3,(H,21,22). The highest BCUT2D eigenvalue weighted by Gasteiger charge is 2.48. The van der Waals surface area contributed by atoms with Crippen LogP contribution < -0.4 is 5.32 Å². The second kappa shape index (κ2) is 5.04. The Balaban J connectivity index is 1.98. The maximum atomic E-state index is 12.6. The summed E-state index contributed by atoms with van der Waals surface area (Å²) in [5, 5.41) is 16.2. The van der Waals surface area contributed by atoms with Crippen LogP contribution in [0.15, 0.2) is 54.6 Å². The van der Waals surface area contributed by atoms with Crippen molar-refractivity contribution in [3.63, 3.8) is 0 Å². The van der Waals surface area contributed by atoms with E-state index < -0.39 is 11.5 Å². The average Bonchev–Trinajstić information content (AvgIpc) is 2.78. The summed E-state index contributed by atoms with van der Waals surface area (Å²) >= 11 is 2.21. The number of nitrogens with one attached hydrogen (secondary N) is 1.